The Morgan fingerprint density at radius 2 is 1.61 bits per heavy atom. The Kier molecular flexibility index (Phi) is 6.31. The minimum Gasteiger partial charge on any atom is -0.378 e. The number of benzene rings is 2. The van der Waals surface area contributed by atoms with Gasteiger partial charge in [0.05, 0.1) is 13.2 Å². The summed E-state index contributed by atoms with van der Waals surface area (Å²) in [4.78, 5) is 3.99. The first-order valence-electron chi connectivity index (χ1n) is 9.84. The van der Waals surface area contributed by atoms with Crippen LogP contribution in [0.25, 0.3) is 0 Å². The molecule has 3 aliphatic rings. The third-order valence-corrected chi connectivity index (χ3v) is 6.62. The number of hydrogen-bond acceptors (Lipinski definition) is 4. The van der Waals surface area contributed by atoms with Crippen molar-refractivity contribution in [3.63, 3.8) is 0 Å². The van der Waals surface area contributed by atoms with Crippen molar-refractivity contribution < 1.29 is 13.5 Å². The van der Waals surface area contributed by atoms with Crippen molar-refractivity contribution in [2.45, 2.75) is 54.6 Å². The number of thioether (sulfide) groups is 1. The largest absolute Gasteiger partial charge is 0.378 e. The van der Waals surface area contributed by atoms with Crippen LogP contribution >= 0.6 is 11.8 Å². The number of hydrogen-bond donors (Lipinski definition) is 1. The lowest BCUT2D eigenvalue weighted by atomic mass is 10.1. The van der Waals surface area contributed by atoms with Crippen molar-refractivity contribution in [1.82, 2.24) is 4.90 Å². The predicted molar refractivity (Wildman–Crippen MR) is 108 cm³/mol. The number of halogens is 2. The Morgan fingerprint density at radius 3 is 2.25 bits per heavy atom. The van der Waals surface area contributed by atoms with Gasteiger partial charge < -0.3 is 10.5 Å². The van der Waals surface area contributed by atoms with Gasteiger partial charge in [0.1, 0.15) is 11.6 Å². The molecule has 2 heterocycles. The number of rotatable bonds is 3. The zero-order valence-electron chi connectivity index (χ0n) is 15.8. The van der Waals surface area contributed by atoms with E-state index >= 15 is 0 Å². The predicted octanol–water partition coefficient (Wildman–Crippen LogP) is 4.34. The fourth-order valence-corrected chi connectivity index (χ4v) is 4.75. The van der Waals surface area contributed by atoms with Gasteiger partial charge in [-0.15, -0.1) is 11.8 Å². The van der Waals surface area contributed by atoms with Crippen LogP contribution in [-0.4, -0.2) is 35.4 Å². The van der Waals surface area contributed by atoms with E-state index in [1.807, 2.05) is 11.8 Å². The Morgan fingerprint density at radius 1 is 0.929 bits per heavy atom. The summed E-state index contributed by atoms with van der Waals surface area (Å²) in [6.45, 7) is 3.68. The molecule has 3 nitrogen and oxygen atoms in total. The number of ether oxygens (including phenoxy) is 1. The van der Waals surface area contributed by atoms with E-state index in [1.165, 1.54) is 28.9 Å². The van der Waals surface area contributed by atoms with Crippen LogP contribution in [0.2, 0.25) is 0 Å². The SMILES string of the molecule is Fc1ccc(F)cc1.NC1COCC(N2Cc3ccc(SC4CC4)cc3C2)C1. The van der Waals surface area contributed by atoms with Crippen LogP contribution in [0.5, 0.6) is 0 Å². The van der Waals surface area contributed by atoms with Crippen molar-refractivity contribution in [2.75, 3.05) is 13.2 Å². The molecule has 28 heavy (non-hydrogen) atoms. The summed E-state index contributed by atoms with van der Waals surface area (Å²) in [6.07, 6.45) is 3.86. The van der Waals surface area contributed by atoms with Gasteiger partial charge in [0, 0.05) is 35.3 Å². The molecular formula is C22H26F2N2OS. The highest BCUT2D eigenvalue weighted by molar-refractivity contribution is 8.00. The molecule has 2 unspecified atom stereocenters. The molecule has 2 fully saturated rings. The quantitative estimate of drug-likeness (QED) is 0.826. The van der Waals surface area contributed by atoms with Crippen LogP contribution in [0.4, 0.5) is 8.78 Å². The summed E-state index contributed by atoms with van der Waals surface area (Å²) in [5, 5.41) is 0.885. The van der Waals surface area contributed by atoms with Gasteiger partial charge >= 0.3 is 0 Å². The number of nitrogens with two attached hydrogens (primary N) is 1. The van der Waals surface area contributed by atoms with Gasteiger partial charge in [-0.05, 0) is 66.8 Å². The summed E-state index contributed by atoms with van der Waals surface area (Å²) < 4.78 is 29.5. The minimum atomic E-state index is -0.411. The van der Waals surface area contributed by atoms with Crippen molar-refractivity contribution in [3.05, 3.63) is 65.2 Å². The lowest BCUT2D eigenvalue weighted by molar-refractivity contribution is 0.00549. The van der Waals surface area contributed by atoms with E-state index in [-0.39, 0.29) is 6.04 Å². The van der Waals surface area contributed by atoms with E-state index in [4.69, 9.17) is 10.5 Å². The van der Waals surface area contributed by atoms with Crippen molar-refractivity contribution >= 4 is 11.8 Å². The lowest BCUT2D eigenvalue weighted by Gasteiger charge is -2.33. The van der Waals surface area contributed by atoms with Gasteiger partial charge in [-0.25, -0.2) is 8.78 Å². The third kappa shape index (κ3) is 5.32. The van der Waals surface area contributed by atoms with Crippen molar-refractivity contribution in [3.8, 4) is 0 Å². The highest BCUT2D eigenvalue weighted by atomic mass is 32.2. The van der Waals surface area contributed by atoms with Gasteiger partial charge in [0.15, 0.2) is 0 Å². The molecule has 1 aliphatic carbocycles. The van der Waals surface area contributed by atoms with E-state index < -0.39 is 11.6 Å². The fraction of sp³-hybridized carbons (Fsp3) is 0.455. The normalized spacial score (nSPS) is 24.4. The molecule has 0 spiro atoms. The second-order valence-corrected chi connectivity index (χ2v) is 9.15. The van der Waals surface area contributed by atoms with Gasteiger partial charge in [0.25, 0.3) is 0 Å². The summed E-state index contributed by atoms with van der Waals surface area (Å²) >= 11 is 2.05. The topological polar surface area (TPSA) is 38.5 Å². The Balaban J connectivity index is 0.000000203. The van der Waals surface area contributed by atoms with Crippen LogP contribution in [0, 0.1) is 11.6 Å². The van der Waals surface area contributed by atoms with E-state index in [0.29, 0.717) is 6.04 Å². The van der Waals surface area contributed by atoms with Gasteiger partial charge in [-0.1, -0.05) is 6.07 Å². The van der Waals surface area contributed by atoms with Crippen LogP contribution in [0.3, 0.4) is 0 Å². The molecule has 5 rings (SSSR count). The van der Waals surface area contributed by atoms with Crippen LogP contribution < -0.4 is 5.73 Å². The maximum atomic E-state index is 11.9. The second-order valence-electron chi connectivity index (χ2n) is 7.78. The third-order valence-electron chi connectivity index (χ3n) is 5.29. The van der Waals surface area contributed by atoms with Gasteiger partial charge in [-0.3, -0.25) is 4.90 Å². The average molecular weight is 405 g/mol. The van der Waals surface area contributed by atoms with Crippen LogP contribution in [0.15, 0.2) is 47.4 Å². The zero-order chi connectivity index (χ0) is 19.5. The smallest absolute Gasteiger partial charge is 0.123 e. The Hall–Kier alpha value is -1.47. The Bertz CT molecular complexity index is 777. The first kappa shape index (κ1) is 19.8. The second kappa shape index (κ2) is 8.91. The van der Waals surface area contributed by atoms with E-state index in [9.17, 15) is 8.78 Å². The molecule has 0 aromatic heterocycles. The Labute approximate surface area is 169 Å². The van der Waals surface area contributed by atoms with Crippen LogP contribution in [-0.2, 0) is 17.8 Å². The van der Waals surface area contributed by atoms with E-state index in [1.54, 1.807) is 0 Å². The summed E-state index contributed by atoms with van der Waals surface area (Å²) in [5.74, 6) is -0.821. The molecule has 0 radical (unpaired) electrons. The summed E-state index contributed by atoms with van der Waals surface area (Å²) in [6, 6.07) is 12.0. The number of nitrogens with zero attached hydrogens (tertiary/aromatic N) is 1. The molecular weight excluding hydrogens is 378 g/mol. The summed E-state index contributed by atoms with van der Waals surface area (Å²) in [5.41, 5.74) is 9.03. The molecule has 2 N–H and O–H groups in total. The molecule has 0 bridgehead atoms. The van der Waals surface area contributed by atoms with Gasteiger partial charge in [-0.2, -0.15) is 0 Å². The molecule has 6 heteroatoms. The average Bonchev–Trinajstić information content (AvgIpc) is 3.40. The highest BCUT2D eigenvalue weighted by Crippen LogP contribution is 2.40. The summed E-state index contributed by atoms with van der Waals surface area (Å²) in [7, 11) is 0. The van der Waals surface area contributed by atoms with Crippen molar-refractivity contribution in [1.29, 1.82) is 0 Å². The van der Waals surface area contributed by atoms with Crippen LogP contribution in [0.1, 0.15) is 30.4 Å². The van der Waals surface area contributed by atoms with Crippen molar-refractivity contribution in [2.24, 2.45) is 5.73 Å². The lowest BCUT2D eigenvalue weighted by Crippen LogP contribution is -2.46. The monoisotopic (exact) mass is 404 g/mol. The molecule has 2 aromatic rings. The molecule has 1 saturated carbocycles. The molecule has 2 aliphatic heterocycles. The molecule has 2 atom stereocenters. The van der Waals surface area contributed by atoms with E-state index in [0.717, 1.165) is 62.2 Å². The molecule has 0 amide bonds. The minimum absolute atomic E-state index is 0.207. The fourth-order valence-electron chi connectivity index (χ4n) is 3.63. The van der Waals surface area contributed by atoms with Gasteiger partial charge in [0.2, 0.25) is 0 Å². The first-order valence-corrected chi connectivity index (χ1v) is 10.7. The van der Waals surface area contributed by atoms with E-state index in [2.05, 4.69) is 23.1 Å². The molecule has 150 valence electrons. The number of fused-ring (bicyclic) bond motifs is 1. The maximum absolute atomic E-state index is 11.9. The zero-order valence-corrected chi connectivity index (χ0v) is 16.6. The maximum Gasteiger partial charge on any atom is 0.123 e. The standard InChI is InChI=1S/C16H22N2OS.C6H4F2/c17-13-6-14(10-19-9-13)18-7-11-1-2-16(5-12(11)8-18)20-15-3-4-15;7-5-1-2-6(8)4-3-5/h1-2,5,13-15H,3-4,6-10,17H2;1-4H. The molecule has 2 aromatic carbocycles. The highest BCUT2D eigenvalue weighted by Gasteiger charge is 2.30. The molecule has 1 saturated heterocycles. The first-order chi connectivity index (χ1) is 13.6.